The van der Waals surface area contributed by atoms with Crippen LogP contribution in [0, 0.1) is 0 Å². The van der Waals surface area contributed by atoms with Gasteiger partial charge in [-0.15, -0.1) is 0 Å². The van der Waals surface area contributed by atoms with Crippen LogP contribution >= 0.6 is 0 Å². The minimum absolute atomic E-state index is 0.197. The Morgan fingerprint density at radius 2 is 1.74 bits per heavy atom. The summed E-state index contributed by atoms with van der Waals surface area (Å²) in [4.78, 5) is 10.4. The molecule has 0 radical (unpaired) electrons. The van der Waals surface area contributed by atoms with E-state index in [1.165, 1.54) is 0 Å². The minimum atomic E-state index is 0.197. The van der Waals surface area contributed by atoms with Crippen LogP contribution < -0.4 is 22.3 Å². The molecule has 1 aromatic heterocycles. The summed E-state index contributed by atoms with van der Waals surface area (Å²) in [5, 5.41) is 3.23. The Hall–Kier alpha value is -1.60. The van der Waals surface area contributed by atoms with Gasteiger partial charge in [-0.25, -0.2) is 5.84 Å². The first-order valence-electron chi connectivity index (χ1n) is 6.54. The van der Waals surface area contributed by atoms with Crippen molar-refractivity contribution >= 4 is 17.6 Å². The van der Waals surface area contributed by atoms with Crippen LogP contribution in [-0.2, 0) is 0 Å². The quantitative estimate of drug-likeness (QED) is 0.429. The molecule has 0 aliphatic heterocycles. The maximum atomic E-state index is 5.59. The van der Waals surface area contributed by atoms with Crippen LogP contribution in [0.5, 0.6) is 0 Å². The number of nitrogens with zero attached hydrogens (tertiary/aromatic N) is 3. The summed E-state index contributed by atoms with van der Waals surface area (Å²) in [6.45, 7) is 10.5. The Kier molecular flexibility index (Phi) is 5.78. The van der Waals surface area contributed by atoms with Crippen molar-refractivity contribution in [2.45, 2.75) is 39.8 Å². The van der Waals surface area contributed by atoms with Gasteiger partial charge in [-0.1, -0.05) is 0 Å². The Labute approximate surface area is 114 Å². The average Bonchev–Trinajstić information content (AvgIpc) is 2.32. The fourth-order valence-electron chi connectivity index (χ4n) is 2.06. The van der Waals surface area contributed by atoms with E-state index in [9.17, 15) is 0 Å². The first kappa shape index (κ1) is 15.5. The maximum absolute atomic E-state index is 5.59. The van der Waals surface area contributed by atoms with E-state index in [0.29, 0.717) is 23.7 Å². The van der Waals surface area contributed by atoms with Crippen molar-refractivity contribution in [2.24, 2.45) is 5.84 Å². The summed E-state index contributed by atoms with van der Waals surface area (Å²) in [7, 11) is 0. The van der Waals surface area contributed by atoms with Crippen LogP contribution in [0.1, 0.15) is 27.7 Å². The second kappa shape index (κ2) is 7.10. The molecule has 108 valence electrons. The molecule has 0 amide bonds. The molecular weight excluding hydrogens is 242 g/mol. The lowest BCUT2D eigenvalue weighted by Crippen LogP contribution is -2.40. The predicted molar refractivity (Wildman–Crippen MR) is 79.7 cm³/mol. The Bertz CT molecular complexity index is 384. The van der Waals surface area contributed by atoms with Crippen LogP contribution in [0.4, 0.5) is 17.6 Å². The highest BCUT2D eigenvalue weighted by Gasteiger charge is 2.12. The number of hydrazine groups is 1. The zero-order chi connectivity index (χ0) is 14.4. The highest BCUT2D eigenvalue weighted by molar-refractivity contribution is 5.50. The molecule has 0 saturated carbocycles. The van der Waals surface area contributed by atoms with Gasteiger partial charge in [0.2, 0.25) is 5.95 Å². The summed E-state index contributed by atoms with van der Waals surface area (Å²) in [6.07, 6.45) is 0. The van der Waals surface area contributed by atoms with E-state index in [1.54, 1.807) is 6.07 Å². The fourth-order valence-corrected chi connectivity index (χ4v) is 2.06. The van der Waals surface area contributed by atoms with Crippen LogP contribution in [0.2, 0.25) is 0 Å². The van der Waals surface area contributed by atoms with E-state index in [-0.39, 0.29) is 5.95 Å². The Morgan fingerprint density at radius 1 is 1.16 bits per heavy atom. The first-order valence-corrected chi connectivity index (χ1v) is 6.54. The first-order chi connectivity index (χ1) is 8.93. The second-order valence-electron chi connectivity index (χ2n) is 4.99. The van der Waals surface area contributed by atoms with E-state index in [0.717, 1.165) is 13.1 Å². The van der Waals surface area contributed by atoms with Gasteiger partial charge in [0.1, 0.15) is 11.6 Å². The molecule has 1 rings (SSSR count). The number of anilines is 3. The molecule has 1 heterocycles. The highest BCUT2D eigenvalue weighted by Crippen LogP contribution is 2.11. The Balaban J connectivity index is 2.55. The third kappa shape index (κ3) is 4.88. The standard InChI is InChI=1S/C12H25N7/c1-8(2)19(9(3)4)6-5-15-10-7-11(18-14)17-12(13)16-10/h7-9H,5-6,14H2,1-4H3,(H4,13,15,16,17,18). The minimum Gasteiger partial charge on any atom is -0.369 e. The third-order valence-corrected chi connectivity index (χ3v) is 2.89. The number of hydrogen-bond donors (Lipinski definition) is 4. The van der Waals surface area contributed by atoms with Crippen molar-refractivity contribution in [1.82, 2.24) is 14.9 Å². The van der Waals surface area contributed by atoms with Gasteiger partial charge >= 0.3 is 0 Å². The molecule has 0 atom stereocenters. The molecule has 0 unspecified atom stereocenters. The fraction of sp³-hybridized carbons (Fsp3) is 0.667. The molecular formula is C12H25N7. The number of nitrogen functional groups attached to an aromatic ring is 2. The molecule has 0 fully saturated rings. The van der Waals surface area contributed by atoms with E-state index >= 15 is 0 Å². The summed E-state index contributed by atoms with van der Waals surface area (Å²) >= 11 is 0. The monoisotopic (exact) mass is 267 g/mol. The predicted octanol–water partition coefficient (Wildman–Crippen LogP) is 0.875. The molecule has 0 spiro atoms. The molecule has 0 bridgehead atoms. The van der Waals surface area contributed by atoms with Crippen LogP contribution in [0.15, 0.2) is 6.07 Å². The van der Waals surface area contributed by atoms with Gasteiger partial charge in [-0.05, 0) is 27.7 Å². The third-order valence-electron chi connectivity index (χ3n) is 2.89. The van der Waals surface area contributed by atoms with Crippen LogP contribution in [-0.4, -0.2) is 40.0 Å². The molecule has 1 aromatic rings. The van der Waals surface area contributed by atoms with Crippen molar-refractivity contribution in [3.05, 3.63) is 6.07 Å². The largest absolute Gasteiger partial charge is 0.369 e. The van der Waals surface area contributed by atoms with Crippen molar-refractivity contribution in [2.75, 3.05) is 29.6 Å². The molecule has 7 heteroatoms. The van der Waals surface area contributed by atoms with E-state index in [2.05, 4.69) is 53.3 Å². The van der Waals surface area contributed by atoms with Crippen molar-refractivity contribution in [1.29, 1.82) is 0 Å². The molecule has 0 aliphatic rings. The summed E-state index contributed by atoms with van der Waals surface area (Å²) < 4.78 is 0. The summed E-state index contributed by atoms with van der Waals surface area (Å²) in [5.41, 5.74) is 8.06. The van der Waals surface area contributed by atoms with Crippen LogP contribution in [0.3, 0.4) is 0 Å². The summed E-state index contributed by atoms with van der Waals surface area (Å²) in [5.74, 6) is 6.68. The molecule has 0 aromatic carbocycles. The molecule has 0 saturated heterocycles. The van der Waals surface area contributed by atoms with Gasteiger partial charge < -0.3 is 16.5 Å². The van der Waals surface area contributed by atoms with Gasteiger partial charge in [0, 0.05) is 31.2 Å². The zero-order valence-electron chi connectivity index (χ0n) is 12.1. The highest BCUT2D eigenvalue weighted by atomic mass is 15.3. The number of rotatable bonds is 7. The van der Waals surface area contributed by atoms with E-state index in [4.69, 9.17) is 11.6 Å². The van der Waals surface area contributed by atoms with Gasteiger partial charge in [0.25, 0.3) is 0 Å². The lowest BCUT2D eigenvalue weighted by atomic mass is 10.2. The molecule has 6 N–H and O–H groups in total. The van der Waals surface area contributed by atoms with E-state index < -0.39 is 0 Å². The molecule has 7 nitrogen and oxygen atoms in total. The number of hydrogen-bond acceptors (Lipinski definition) is 7. The maximum Gasteiger partial charge on any atom is 0.223 e. The SMILES string of the molecule is CC(C)N(CCNc1cc(NN)nc(N)n1)C(C)C. The normalized spacial score (nSPS) is 11.4. The van der Waals surface area contributed by atoms with Crippen molar-refractivity contribution in [3.63, 3.8) is 0 Å². The van der Waals surface area contributed by atoms with E-state index in [1.807, 2.05) is 0 Å². The smallest absolute Gasteiger partial charge is 0.223 e. The van der Waals surface area contributed by atoms with Gasteiger partial charge in [-0.3, -0.25) is 4.90 Å². The van der Waals surface area contributed by atoms with Gasteiger partial charge in [0.05, 0.1) is 0 Å². The number of nitrogens with one attached hydrogen (secondary N) is 2. The lowest BCUT2D eigenvalue weighted by Gasteiger charge is -2.30. The number of aromatic nitrogens is 2. The zero-order valence-corrected chi connectivity index (χ0v) is 12.1. The Morgan fingerprint density at radius 3 is 2.26 bits per heavy atom. The van der Waals surface area contributed by atoms with Crippen molar-refractivity contribution in [3.8, 4) is 0 Å². The topological polar surface area (TPSA) is 105 Å². The van der Waals surface area contributed by atoms with Gasteiger partial charge in [-0.2, -0.15) is 9.97 Å². The second-order valence-corrected chi connectivity index (χ2v) is 4.99. The average molecular weight is 267 g/mol. The molecule has 0 aliphatic carbocycles. The molecule has 19 heavy (non-hydrogen) atoms. The number of nitrogens with two attached hydrogens (primary N) is 2. The van der Waals surface area contributed by atoms with Crippen LogP contribution in [0.25, 0.3) is 0 Å². The summed E-state index contributed by atoms with van der Waals surface area (Å²) in [6, 6.07) is 2.75. The van der Waals surface area contributed by atoms with Gasteiger partial charge in [0.15, 0.2) is 0 Å². The lowest BCUT2D eigenvalue weighted by molar-refractivity contribution is 0.182. The van der Waals surface area contributed by atoms with Crippen molar-refractivity contribution < 1.29 is 0 Å².